The lowest BCUT2D eigenvalue weighted by Crippen LogP contribution is -2.28. The van der Waals surface area contributed by atoms with Gasteiger partial charge in [0.05, 0.1) is 19.8 Å². The number of nitrogens with one attached hydrogen (secondary N) is 1. The first-order valence-electron chi connectivity index (χ1n) is 7.17. The van der Waals surface area contributed by atoms with Crippen LogP contribution in [0.4, 0.5) is 0 Å². The number of rotatable bonds is 13. The number of amides is 1. The van der Waals surface area contributed by atoms with Gasteiger partial charge in [-0.05, 0) is 12.8 Å². The molecular formula is C14H28ClNO3. The molecule has 0 saturated carbocycles. The van der Waals surface area contributed by atoms with Crippen LogP contribution in [0.25, 0.3) is 0 Å². The Kier molecular flexibility index (Phi) is 13.9. The maximum Gasteiger partial charge on any atom is 0.222 e. The summed E-state index contributed by atoms with van der Waals surface area (Å²) in [5, 5.41) is 2.92. The van der Waals surface area contributed by atoms with Crippen molar-refractivity contribution in [1.82, 2.24) is 5.32 Å². The van der Waals surface area contributed by atoms with Crippen LogP contribution in [0.5, 0.6) is 0 Å². The second-order valence-electron chi connectivity index (χ2n) is 4.77. The van der Waals surface area contributed by atoms with Gasteiger partial charge in [0.15, 0.2) is 0 Å². The molecular weight excluding hydrogens is 266 g/mol. The van der Waals surface area contributed by atoms with Crippen molar-refractivity contribution < 1.29 is 14.3 Å². The van der Waals surface area contributed by atoms with Crippen molar-refractivity contribution in [1.29, 1.82) is 0 Å². The molecule has 0 aromatic carbocycles. The van der Waals surface area contributed by atoms with Gasteiger partial charge in [-0.15, -0.1) is 11.6 Å². The number of hydrogen-bond donors (Lipinski definition) is 1. The standard InChI is InChI=1S/C14H28ClNO3/c1-13(2)14(17)16-8-5-3-4-6-9-18-11-12-19-10-7-15/h13H,3-12H2,1-2H3,(H,16,17). The highest BCUT2D eigenvalue weighted by molar-refractivity contribution is 6.17. The molecule has 0 fully saturated rings. The van der Waals surface area contributed by atoms with Crippen LogP contribution in [-0.4, -0.2) is 44.8 Å². The van der Waals surface area contributed by atoms with Gasteiger partial charge in [0.2, 0.25) is 5.91 Å². The number of halogens is 1. The Hall–Kier alpha value is -0.320. The summed E-state index contributed by atoms with van der Waals surface area (Å²) in [6.07, 6.45) is 4.37. The van der Waals surface area contributed by atoms with Crippen molar-refractivity contribution in [2.45, 2.75) is 39.5 Å². The summed E-state index contributed by atoms with van der Waals surface area (Å²) in [5.41, 5.74) is 0. The van der Waals surface area contributed by atoms with Crippen LogP contribution in [-0.2, 0) is 14.3 Å². The quantitative estimate of drug-likeness (QED) is 0.419. The first-order chi connectivity index (χ1) is 9.18. The van der Waals surface area contributed by atoms with Crippen molar-refractivity contribution in [3.63, 3.8) is 0 Å². The average Bonchev–Trinajstić information content (AvgIpc) is 2.39. The molecule has 0 heterocycles. The van der Waals surface area contributed by atoms with Gasteiger partial charge in [-0.2, -0.15) is 0 Å². The third kappa shape index (κ3) is 13.9. The van der Waals surface area contributed by atoms with E-state index < -0.39 is 0 Å². The van der Waals surface area contributed by atoms with Crippen molar-refractivity contribution in [3.05, 3.63) is 0 Å². The normalized spacial score (nSPS) is 10.9. The minimum absolute atomic E-state index is 0.0782. The van der Waals surface area contributed by atoms with Crippen LogP contribution in [0, 0.1) is 5.92 Å². The molecule has 4 nitrogen and oxygen atoms in total. The SMILES string of the molecule is CC(C)C(=O)NCCCCCCOCCOCCCl. The Morgan fingerprint density at radius 3 is 2.26 bits per heavy atom. The predicted octanol–water partition coefficient (Wildman–Crippen LogP) is 2.59. The summed E-state index contributed by atoms with van der Waals surface area (Å²) in [5.74, 6) is 0.752. The van der Waals surface area contributed by atoms with Gasteiger partial charge in [-0.1, -0.05) is 26.7 Å². The second-order valence-corrected chi connectivity index (χ2v) is 5.15. The fraction of sp³-hybridized carbons (Fsp3) is 0.929. The number of hydrogen-bond acceptors (Lipinski definition) is 3. The van der Waals surface area contributed by atoms with Crippen LogP contribution in [0.3, 0.4) is 0 Å². The van der Waals surface area contributed by atoms with E-state index in [0.29, 0.717) is 25.7 Å². The molecule has 0 spiro atoms. The van der Waals surface area contributed by atoms with Gasteiger partial charge in [0, 0.05) is 24.9 Å². The Labute approximate surface area is 122 Å². The molecule has 0 radical (unpaired) electrons. The highest BCUT2D eigenvalue weighted by Gasteiger charge is 2.04. The van der Waals surface area contributed by atoms with Crippen LogP contribution >= 0.6 is 11.6 Å². The van der Waals surface area contributed by atoms with E-state index in [4.69, 9.17) is 21.1 Å². The molecule has 1 amide bonds. The third-order valence-electron chi connectivity index (χ3n) is 2.63. The molecule has 0 aliphatic rings. The first kappa shape index (κ1) is 18.7. The zero-order valence-corrected chi connectivity index (χ0v) is 13.0. The Bertz CT molecular complexity index is 213. The average molecular weight is 294 g/mol. The molecule has 0 aliphatic heterocycles. The maximum atomic E-state index is 11.3. The van der Waals surface area contributed by atoms with Gasteiger partial charge < -0.3 is 14.8 Å². The number of alkyl halides is 1. The lowest BCUT2D eigenvalue weighted by atomic mass is 10.2. The molecule has 0 aliphatic carbocycles. The number of ether oxygens (including phenoxy) is 2. The van der Waals surface area contributed by atoms with Gasteiger partial charge in [-0.3, -0.25) is 4.79 Å². The minimum atomic E-state index is 0.0782. The summed E-state index contributed by atoms with van der Waals surface area (Å²) in [7, 11) is 0. The van der Waals surface area contributed by atoms with Gasteiger partial charge >= 0.3 is 0 Å². The Balaban J connectivity index is 3.05. The molecule has 114 valence electrons. The van der Waals surface area contributed by atoms with Crippen LogP contribution in [0.2, 0.25) is 0 Å². The highest BCUT2D eigenvalue weighted by Crippen LogP contribution is 2.00. The van der Waals surface area contributed by atoms with Gasteiger partial charge in [-0.25, -0.2) is 0 Å². The molecule has 0 unspecified atom stereocenters. The van der Waals surface area contributed by atoms with Crippen molar-refractivity contribution in [2.75, 3.05) is 38.9 Å². The van der Waals surface area contributed by atoms with E-state index in [-0.39, 0.29) is 11.8 Å². The smallest absolute Gasteiger partial charge is 0.222 e. The summed E-state index contributed by atoms with van der Waals surface area (Å²) in [6, 6.07) is 0. The van der Waals surface area contributed by atoms with E-state index in [1.807, 2.05) is 13.8 Å². The molecule has 0 bridgehead atoms. The van der Waals surface area contributed by atoms with E-state index >= 15 is 0 Å². The van der Waals surface area contributed by atoms with E-state index in [9.17, 15) is 4.79 Å². The molecule has 19 heavy (non-hydrogen) atoms. The minimum Gasteiger partial charge on any atom is -0.379 e. The Morgan fingerprint density at radius 1 is 1.00 bits per heavy atom. The fourth-order valence-electron chi connectivity index (χ4n) is 1.47. The lowest BCUT2D eigenvalue weighted by Gasteiger charge is -2.07. The maximum absolute atomic E-state index is 11.3. The summed E-state index contributed by atoms with van der Waals surface area (Å²) >= 11 is 5.47. The van der Waals surface area contributed by atoms with E-state index in [1.165, 1.54) is 0 Å². The molecule has 1 N–H and O–H groups in total. The van der Waals surface area contributed by atoms with Gasteiger partial charge in [0.25, 0.3) is 0 Å². The number of unbranched alkanes of at least 4 members (excludes halogenated alkanes) is 3. The molecule has 0 atom stereocenters. The molecule has 0 saturated heterocycles. The molecule has 0 aromatic heterocycles. The summed E-state index contributed by atoms with van der Waals surface area (Å²) in [6.45, 7) is 7.22. The largest absolute Gasteiger partial charge is 0.379 e. The highest BCUT2D eigenvalue weighted by atomic mass is 35.5. The second kappa shape index (κ2) is 14.1. The zero-order chi connectivity index (χ0) is 14.3. The zero-order valence-electron chi connectivity index (χ0n) is 12.3. The predicted molar refractivity (Wildman–Crippen MR) is 78.7 cm³/mol. The lowest BCUT2D eigenvalue weighted by molar-refractivity contribution is -0.123. The number of carbonyl (C=O) groups is 1. The Morgan fingerprint density at radius 2 is 1.63 bits per heavy atom. The van der Waals surface area contributed by atoms with Crippen LogP contribution < -0.4 is 5.32 Å². The van der Waals surface area contributed by atoms with E-state index in [1.54, 1.807) is 0 Å². The van der Waals surface area contributed by atoms with Crippen LogP contribution in [0.15, 0.2) is 0 Å². The van der Waals surface area contributed by atoms with E-state index in [2.05, 4.69) is 5.32 Å². The molecule has 0 aromatic rings. The molecule has 5 heteroatoms. The summed E-state index contributed by atoms with van der Waals surface area (Å²) in [4.78, 5) is 11.3. The number of carbonyl (C=O) groups excluding carboxylic acids is 1. The third-order valence-corrected chi connectivity index (χ3v) is 2.79. The summed E-state index contributed by atoms with van der Waals surface area (Å²) < 4.78 is 10.6. The first-order valence-corrected chi connectivity index (χ1v) is 7.71. The molecule has 0 rings (SSSR count). The monoisotopic (exact) mass is 293 g/mol. The topological polar surface area (TPSA) is 47.6 Å². The van der Waals surface area contributed by atoms with Crippen molar-refractivity contribution in [3.8, 4) is 0 Å². The van der Waals surface area contributed by atoms with Gasteiger partial charge in [0.1, 0.15) is 0 Å². The van der Waals surface area contributed by atoms with Crippen molar-refractivity contribution in [2.24, 2.45) is 5.92 Å². The van der Waals surface area contributed by atoms with Crippen LogP contribution in [0.1, 0.15) is 39.5 Å². The van der Waals surface area contributed by atoms with Crippen molar-refractivity contribution >= 4 is 17.5 Å². The fourth-order valence-corrected chi connectivity index (χ4v) is 1.58. The van der Waals surface area contributed by atoms with E-state index in [0.717, 1.165) is 38.8 Å².